The lowest BCUT2D eigenvalue weighted by atomic mass is 9.97. The number of phenolic OH excluding ortho intramolecular Hbond substituents is 1. The number of aromatic nitrogens is 2. The minimum Gasteiger partial charge on any atom is -0.502 e. The van der Waals surface area contributed by atoms with Crippen molar-refractivity contribution >= 4 is 27.2 Å². The molecule has 2 aromatic heterocycles. The van der Waals surface area contributed by atoms with Crippen LogP contribution in [0.15, 0.2) is 23.0 Å². The predicted molar refractivity (Wildman–Crippen MR) is 90.6 cm³/mol. The maximum absolute atomic E-state index is 12.5. The predicted octanol–water partition coefficient (Wildman–Crippen LogP) is 3.14. The topological polar surface area (TPSA) is 109 Å². The summed E-state index contributed by atoms with van der Waals surface area (Å²) < 4.78 is 0. The van der Waals surface area contributed by atoms with Crippen molar-refractivity contribution in [3.8, 4) is 17.1 Å². The first-order chi connectivity index (χ1) is 11.5. The molecule has 0 radical (unpaired) electrons. The Morgan fingerprint density at radius 1 is 1.29 bits per heavy atom. The van der Waals surface area contributed by atoms with Crippen LogP contribution in [0.2, 0.25) is 0 Å². The second kappa shape index (κ2) is 5.41. The van der Waals surface area contributed by atoms with Gasteiger partial charge in [0.25, 0.3) is 5.56 Å². The summed E-state index contributed by atoms with van der Waals surface area (Å²) in [4.78, 5) is 31.9. The Balaban J connectivity index is 1.91. The first-order valence-electron chi connectivity index (χ1n) is 7.57. The van der Waals surface area contributed by atoms with E-state index in [1.807, 2.05) is 0 Å². The van der Waals surface area contributed by atoms with Crippen molar-refractivity contribution in [3.63, 3.8) is 0 Å². The van der Waals surface area contributed by atoms with Gasteiger partial charge in [-0.15, -0.1) is 11.3 Å². The molecular formula is C16H13N3O4S. The summed E-state index contributed by atoms with van der Waals surface area (Å²) in [5.74, 6) is -0.145. The molecule has 1 aliphatic rings. The summed E-state index contributed by atoms with van der Waals surface area (Å²) in [6, 6.07) is 3.95. The van der Waals surface area contributed by atoms with Crippen LogP contribution < -0.4 is 5.56 Å². The van der Waals surface area contributed by atoms with Gasteiger partial charge in [0.05, 0.1) is 10.3 Å². The molecule has 0 spiro atoms. The molecular weight excluding hydrogens is 330 g/mol. The van der Waals surface area contributed by atoms with Crippen LogP contribution in [0.5, 0.6) is 5.75 Å². The lowest BCUT2D eigenvalue weighted by Gasteiger charge is -2.09. The Labute approximate surface area is 139 Å². The van der Waals surface area contributed by atoms with Crippen LogP contribution in [0.25, 0.3) is 21.6 Å². The van der Waals surface area contributed by atoms with E-state index < -0.39 is 16.4 Å². The summed E-state index contributed by atoms with van der Waals surface area (Å²) in [6.45, 7) is 0. The Morgan fingerprint density at radius 3 is 2.88 bits per heavy atom. The molecule has 0 aliphatic heterocycles. The quantitative estimate of drug-likeness (QED) is 0.549. The number of phenols is 1. The van der Waals surface area contributed by atoms with Crippen LogP contribution in [-0.4, -0.2) is 20.0 Å². The van der Waals surface area contributed by atoms with Gasteiger partial charge in [0.15, 0.2) is 5.75 Å². The second-order valence-electron chi connectivity index (χ2n) is 5.77. The third kappa shape index (κ3) is 2.26. The summed E-state index contributed by atoms with van der Waals surface area (Å²) in [5.41, 5.74) is 0.856. The number of nitrogens with zero attached hydrogens (tertiary/aromatic N) is 2. The SMILES string of the molecule is O=c1[nH]c(-c2ccc(O)c([N+](=O)[O-])c2)nc2sc3c(c12)CCCC3. The zero-order valence-electron chi connectivity index (χ0n) is 12.5. The van der Waals surface area contributed by atoms with Gasteiger partial charge >= 0.3 is 5.69 Å². The largest absolute Gasteiger partial charge is 0.502 e. The molecule has 4 rings (SSSR count). The number of nitro benzene ring substituents is 1. The van der Waals surface area contributed by atoms with Crippen molar-refractivity contribution in [1.29, 1.82) is 0 Å². The average Bonchev–Trinajstić information content (AvgIpc) is 2.93. The molecule has 8 heteroatoms. The highest BCUT2D eigenvalue weighted by atomic mass is 32.1. The number of aromatic hydroxyl groups is 1. The zero-order chi connectivity index (χ0) is 16.8. The van der Waals surface area contributed by atoms with Gasteiger partial charge in [-0.05, 0) is 43.4 Å². The van der Waals surface area contributed by atoms with E-state index in [1.165, 1.54) is 34.4 Å². The Kier molecular flexibility index (Phi) is 3.34. The molecule has 7 nitrogen and oxygen atoms in total. The molecule has 3 aromatic rings. The van der Waals surface area contributed by atoms with E-state index >= 15 is 0 Å². The van der Waals surface area contributed by atoms with E-state index in [4.69, 9.17) is 0 Å². The summed E-state index contributed by atoms with van der Waals surface area (Å²) >= 11 is 1.52. The molecule has 0 atom stereocenters. The van der Waals surface area contributed by atoms with Gasteiger partial charge in [0.2, 0.25) is 0 Å². The number of nitrogens with one attached hydrogen (secondary N) is 1. The molecule has 2 heterocycles. The van der Waals surface area contributed by atoms with Crippen LogP contribution in [0.3, 0.4) is 0 Å². The minimum atomic E-state index is -0.667. The maximum Gasteiger partial charge on any atom is 0.311 e. The van der Waals surface area contributed by atoms with Gasteiger partial charge in [-0.3, -0.25) is 14.9 Å². The highest BCUT2D eigenvalue weighted by Crippen LogP contribution is 2.35. The fourth-order valence-corrected chi connectivity index (χ4v) is 4.38. The fraction of sp³-hybridized carbons (Fsp3) is 0.250. The lowest BCUT2D eigenvalue weighted by molar-refractivity contribution is -0.385. The van der Waals surface area contributed by atoms with Crippen molar-refractivity contribution in [2.75, 3.05) is 0 Å². The zero-order valence-corrected chi connectivity index (χ0v) is 13.4. The number of H-pyrrole nitrogens is 1. The van der Waals surface area contributed by atoms with E-state index in [2.05, 4.69) is 9.97 Å². The van der Waals surface area contributed by atoms with Crippen molar-refractivity contribution < 1.29 is 10.0 Å². The molecule has 1 aromatic carbocycles. The summed E-state index contributed by atoms with van der Waals surface area (Å²) in [6.07, 6.45) is 4.05. The summed E-state index contributed by atoms with van der Waals surface area (Å²) in [7, 11) is 0. The molecule has 122 valence electrons. The smallest absolute Gasteiger partial charge is 0.311 e. The van der Waals surface area contributed by atoms with Crippen LogP contribution in [0.4, 0.5) is 5.69 Å². The molecule has 0 bridgehead atoms. The third-order valence-electron chi connectivity index (χ3n) is 4.27. The number of thiophene rings is 1. The van der Waals surface area contributed by atoms with Crippen molar-refractivity contribution in [2.45, 2.75) is 25.7 Å². The molecule has 0 saturated heterocycles. The second-order valence-corrected chi connectivity index (χ2v) is 6.85. The van der Waals surface area contributed by atoms with E-state index in [0.717, 1.165) is 31.2 Å². The maximum atomic E-state index is 12.5. The van der Waals surface area contributed by atoms with Crippen LogP contribution in [0.1, 0.15) is 23.3 Å². The first kappa shape index (κ1) is 14.8. The van der Waals surface area contributed by atoms with Gasteiger partial charge in [0, 0.05) is 16.5 Å². The van der Waals surface area contributed by atoms with Crippen molar-refractivity contribution in [1.82, 2.24) is 9.97 Å². The van der Waals surface area contributed by atoms with Crippen LogP contribution >= 0.6 is 11.3 Å². The van der Waals surface area contributed by atoms with Crippen molar-refractivity contribution in [2.24, 2.45) is 0 Å². The molecule has 1 aliphatic carbocycles. The average molecular weight is 343 g/mol. The van der Waals surface area contributed by atoms with Gasteiger partial charge in [-0.2, -0.15) is 0 Å². The number of rotatable bonds is 2. The molecule has 0 amide bonds. The third-order valence-corrected chi connectivity index (χ3v) is 5.46. The number of nitro groups is 1. The molecule has 2 N–H and O–H groups in total. The number of aryl methyl sites for hydroxylation is 2. The van der Waals surface area contributed by atoms with Gasteiger partial charge in [-0.25, -0.2) is 4.98 Å². The Hall–Kier alpha value is -2.74. The minimum absolute atomic E-state index is 0.217. The number of fused-ring (bicyclic) bond motifs is 3. The number of hydrogen-bond donors (Lipinski definition) is 2. The van der Waals surface area contributed by atoms with Crippen LogP contribution in [0, 0.1) is 10.1 Å². The summed E-state index contributed by atoms with van der Waals surface area (Å²) in [5, 5.41) is 21.2. The van der Waals surface area contributed by atoms with Gasteiger partial charge < -0.3 is 10.1 Å². The number of benzene rings is 1. The van der Waals surface area contributed by atoms with Crippen molar-refractivity contribution in [3.05, 3.63) is 49.1 Å². The Morgan fingerprint density at radius 2 is 2.08 bits per heavy atom. The highest BCUT2D eigenvalue weighted by Gasteiger charge is 2.21. The normalized spacial score (nSPS) is 13.8. The lowest BCUT2D eigenvalue weighted by Crippen LogP contribution is -2.11. The standard InChI is InChI=1S/C16H13N3O4S/c20-11-6-5-8(7-10(11)19(22)23)14-17-15(21)13-9-3-1-2-4-12(9)24-16(13)18-14/h5-7,20H,1-4H2,(H,17,18,21). The van der Waals surface area contributed by atoms with Gasteiger partial charge in [-0.1, -0.05) is 0 Å². The Bertz CT molecular complexity index is 1040. The van der Waals surface area contributed by atoms with E-state index in [0.29, 0.717) is 15.8 Å². The molecule has 24 heavy (non-hydrogen) atoms. The first-order valence-corrected chi connectivity index (χ1v) is 8.38. The monoisotopic (exact) mass is 343 g/mol. The molecule has 0 saturated carbocycles. The molecule has 0 unspecified atom stereocenters. The van der Waals surface area contributed by atoms with Gasteiger partial charge in [0.1, 0.15) is 10.7 Å². The fourth-order valence-electron chi connectivity index (χ4n) is 3.12. The number of hydrogen-bond acceptors (Lipinski definition) is 6. The van der Waals surface area contributed by atoms with Crippen LogP contribution in [-0.2, 0) is 12.8 Å². The number of aromatic amines is 1. The van der Waals surface area contributed by atoms with E-state index in [-0.39, 0.29) is 11.4 Å². The van der Waals surface area contributed by atoms with E-state index in [9.17, 15) is 20.0 Å². The molecule has 0 fully saturated rings. The highest BCUT2D eigenvalue weighted by molar-refractivity contribution is 7.18. The van der Waals surface area contributed by atoms with E-state index in [1.54, 1.807) is 0 Å².